The van der Waals surface area contributed by atoms with Crippen molar-refractivity contribution in [2.24, 2.45) is 0 Å². The van der Waals surface area contributed by atoms with Crippen molar-refractivity contribution in [2.45, 2.75) is 32.2 Å². The molecule has 0 spiro atoms. The molecule has 0 bridgehead atoms. The Labute approximate surface area is 131 Å². The second-order valence-electron chi connectivity index (χ2n) is 5.42. The highest BCUT2D eigenvalue weighted by Gasteiger charge is 2.16. The molecule has 0 unspecified atom stereocenters. The standard InChI is InChI=1S/C15H15N5OS/c21-13(7-20-9-16-8-17-20)18-15-19-14-11-4-2-1-3-10(11)5-6-12(14)22-15/h5-6,8-9H,1-4,7H2,(H,18,19,21). The largest absolute Gasteiger partial charge is 0.300 e. The fourth-order valence-corrected chi connectivity index (χ4v) is 3.81. The number of fused-ring (bicyclic) bond motifs is 3. The molecule has 3 aromatic rings. The molecule has 0 radical (unpaired) electrons. The third-order valence-electron chi connectivity index (χ3n) is 3.90. The van der Waals surface area contributed by atoms with E-state index in [1.54, 1.807) is 0 Å². The summed E-state index contributed by atoms with van der Waals surface area (Å²) in [5, 5.41) is 7.43. The number of amides is 1. The van der Waals surface area contributed by atoms with Crippen molar-refractivity contribution in [1.29, 1.82) is 0 Å². The van der Waals surface area contributed by atoms with E-state index in [0.717, 1.165) is 23.1 Å². The van der Waals surface area contributed by atoms with Gasteiger partial charge in [0.2, 0.25) is 5.91 Å². The second kappa shape index (κ2) is 5.49. The molecule has 4 rings (SSSR count). The number of rotatable bonds is 3. The molecule has 1 aliphatic rings. The van der Waals surface area contributed by atoms with E-state index in [-0.39, 0.29) is 12.5 Å². The summed E-state index contributed by atoms with van der Waals surface area (Å²) in [7, 11) is 0. The van der Waals surface area contributed by atoms with Crippen molar-refractivity contribution < 1.29 is 4.79 Å². The van der Waals surface area contributed by atoms with Crippen molar-refractivity contribution in [3.8, 4) is 0 Å². The van der Waals surface area contributed by atoms with Crippen LogP contribution >= 0.6 is 11.3 Å². The summed E-state index contributed by atoms with van der Waals surface area (Å²) in [5.41, 5.74) is 3.82. The summed E-state index contributed by atoms with van der Waals surface area (Å²) < 4.78 is 2.63. The Morgan fingerprint density at radius 1 is 1.32 bits per heavy atom. The lowest BCUT2D eigenvalue weighted by molar-refractivity contribution is -0.116. The summed E-state index contributed by atoms with van der Waals surface area (Å²) in [4.78, 5) is 20.5. The van der Waals surface area contributed by atoms with Gasteiger partial charge in [-0.05, 0) is 42.9 Å². The van der Waals surface area contributed by atoms with Crippen LogP contribution in [0.25, 0.3) is 10.2 Å². The number of carbonyl (C=O) groups excluding carboxylic acids is 1. The molecule has 0 aliphatic heterocycles. The van der Waals surface area contributed by atoms with Crippen molar-refractivity contribution in [1.82, 2.24) is 19.7 Å². The van der Waals surface area contributed by atoms with Crippen LogP contribution in [0.4, 0.5) is 5.13 Å². The zero-order chi connectivity index (χ0) is 14.9. The number of nitrogens with one attached hydrogen (secondary N) is 1. The third-order valence-corrected chi connectivity index (χ3v) is 4.84. The highest BCUT2D eigenvalue weighted by molar-refractivity contribution is 7.22. The Morgan fingerprint density at radius 2 is 2.23 bits per heavy atom. The van der Waals surface area contributed by atoms with Gasteiger partial charge in [0.15, 0.2) is 5.13 Å². The first kappa shape index (κ1) is 13.4. The molecule has 1 aromatic carbocycles. The monoisotopic (exact) mass is 313 g/mol. The molecule has 0 saturated carbocycles. The van der Waals surface area contributed by atoms with Gasteiger partial charge in [-0.1, -0.05) is 17.4 Å². The lowest BCUT2D eigenvalue weighted by atomic mass is 9.91. The van der Waals surface area contributed by atoms with E-state index < -0.39 is 0 Å². The number of carbonyl (C=O) groups is 1. The second-order valence-corrected chi connectivity index (χ2v) is 6.45. The number of hydrogen-bond acceptors (Lipinski definition) is 5. The summed E-state index contributed by atoms with van der Waals surface area (Å²) in [6.07, 6.45) is 7.63. The molecule has 2 heterocycles. The maximum Gasteiger partial charge on any atom is 0.247 e. The maximum absolute atomic E-state index is 12.0. The Bertz CT molecular complexity index is 824. The quantitative estimate of drug-likeness (QED) is 0.806. The summed E-state index contributed by atoms with van der Waals surface area (Å²) in [6.45, 7) is 0.147. The lowest BCUT2D eigenvalue weighted by Gasteiger charge is -2.15. The molecule has 112 valence electrons. The molecule has 0 saturated heterocycles. The van der Waals surface area contributed by atoms with Crippen LogP contribution in [-0.2, 0) is 24.2 Å². The molecule has 2 aromatic heterocycles. The molecule has 6 nitrogen and oxygen atoms in total. The van der Waals surface area contributed by atoms with Crippen molar-refractivity contribution in [2.75, 3.05) is 5.32 Å². The van der Waals surface area contributed by atoms with Gasteiger partial charge >= 0.3 is 0 Å². The smallest absolute Gasteiger partial charge is 0.247 e. The minimum absolute atomic E-state index is 0.140. The van der Waals surface area contributed by atoms with E-state index in [2.05, 4.69) is 32.5 Å². The van der Waals surface area contributed by atoms with Crippen LogP contribution < -0.4 is 5.32 Å². The first-order valence-electron chi connectivity index (χ1n) is 7.33. The van der Waals surface area contributed by atoms with Gasteiger partial charge in [-0.2, -0.15) is 5.10 Å². The van der Waals surface area contributed by atoms with Gasteiger partial charge in [0.1, 0.15) is 19.2 Å². The molecule has 0 atom stereocenters. The SMILES string of the molecule is O=C(Cn1cncn1)Nc1nc2c3c(ccc2s1)CCCC3. The van der Waals surface area contributed by atoms with Gasteiger partial charge in [0.25, 0.3) is 0 Å². The minimum atomic E-state index is -0.140. The molecule has 0 fully saturated rings. The summed E-state index contributed by atoms with van der Waals surface area (Å²) >= 11 is 1.52. The number of nitrogens with zero attached hydrogens (tertiary/aromatic N) is 4. The number of thiazole rings is 1. The molecular formula is C15H15N5OS. The van der Waals surface area contributed by atoms with E-state index in [0.29, 0.717) is 5.13 Å². The van der Waals surface area contributed by atoms with Gasteiger partial charge in [0.05, 0.1) is 10.2 Å². The summed E-state index contributed by atoms with van der Waals surface area (Å²) in [6, 6.07) is 4.32. The van der Waals surface area contributed by atoms with E-state index in [4.69, 9.17) is 0 Å². The first-order chi connectivity index (χ1) is 10.8. The van der Waals surface area contributed by atoms with E-state index in [1.807, 2.05) is 0 Å². The minimum Gasteiger partial charge on any atom is -0.300 e. The first-order valence-corrected chi connectivity index (χ1v) is 8.15. The Kier molecular flexibility index (Phi) is 3.34. The van der Waals surface area contributed by atoms with Crippen LogP contribution in [-0.4, -0.2) is 25.7 Å². The zero-order valence-electron chi connectivity index (χ0n) is 12.0. The average molecular weight is 313 g/mol. The third kappa shape index (κ3) is 2.48. The van der Waals surface area contributed by atoms with Gasteiger partial charge < -0.3 is 5.32 Å². The molecule has 1 N–H and O–H groups in total. The van der Waals surface area contributed by atoms with Crippen molar-refractivity contribution >= 4 is 32.6 Å². The molecule has 1 amide bonds. The van der Waals surface area contributed by atoms with E-state index in [1.165, 1.54) is 52.6 Å². The Balaban J connectivity index is 1.58. The van der Waals surface area contributed by atoms with Crippen LogP contribution in [0.2, 0.25) is 0 Å². The zero-order valence-corrected chi connectivity index (χ0v) is 12.8. The average Bonchev–Trinajstić information content (AvgIpc) is 3.16. The predicted octanol–water partition coefficient (Wildman–Crippen LogP) is 2.41. The molecule has 22 heavy (non-hydrogen) atoms. The molecule has 7 heteroatoms. The Morgan fingerprint density at radius 3 is 3.09 bits per heavy atom. The number of anilines is 1. The van der Waals surface area contributed by atoms with Crippen LogP contribution in [0.3, 0.4) is 0 Å². The molecule has 1 aliphatic carbocycles. The van der Waals surface area contributed by atoms with Crippen LogP contribution in [0.15, 0.2) is 24.8 Å². The van der Waals surface area contributed by atoms with Crippen LogP contribution in [0, 0.1) is 0 Å². The Hall–Kier alpha value is -2.28. The molecular weight excluding hydrogens is 298 g/mol. The topological polar surface area (TPSA) is 72.7 Å². The number of aromatic nitrogens is 4. The fraction of sp³-hybridized carbons (Fsp3) is 0.333. The number of hydrogen-bond donors (Lipinski definition) is 1. The van der Waals surface area contributed by atoms with Gasteiger partial charge in [-0.15, -0.1) is 0 Å². The highest BCUT2D eigenvalue weighted by Crippen LogP contribution is 2.33. The number of aryl methyl sites for hydroxylation is 2. The fourth-order valence-electron chi connectivity index (χ4n) is 2.89. The maximum atomic E-state index is 12.0. The van der Waals surface area contributed by atoms with Crippen LogP contribution in [0.5, 0.6) is 0 Å². The normalized spacial score (nSPS) is 14.0. The highest BCUT2D eigenvalue weighted by atomic mass is 32.1. The van der Waals surface area contributed by atoms with Gasteiger partial charge in [-0.3, -0.25) is 4.79 Å². The van der Waals surface area contributed by atoms with E-state index in [9.17, 15) is 4.79 Å². The lowest BCUT2D eigenvalue weighted by Crippen LogP contribution is -2.18. The van der Waals surface area contributed by atoms with Crippen LogP contribution in [0.1, 0.15) is 24.0 Å². The van der Waals surface area contributed by atoms with Crippen molar-refractivity contribution in [3.63, 3.8) is 0 Å². The summed E-state index contributed by atoms with van der Waals surface area (Å²) in [5.74, 6) is -0.140. The van der Waals surface area contributed by atoms with Crippen molar-refractivity contribution in [3.05, 3.63) is 35.9 Å². The number of benzene rings is 1. The van der Waals surface area contributed by atoms with E-state index >= 15 is 0 Å². The van der Waals surface area contributed by atoms with Gasteiger partial charge in [0, 0.05) is 0 Å². The predicted molar refractivity (Wildman–Crippen MR) is 84.9 cm³/mol. The van der Waals surface area contributed by atoms with Gasteiger partial charge in [-0.25, -0.2) is 14.6 Å².